The molecule has 0 unspecified atom stereocenters. The molecule has 4 nitrogen and oxygen atoms in total. The molecule has 0 aromatic carbocycles. The first-order valence-electron chi connectivity index (χ1n) is 1.52. The highest BCUT2D eigenvalue weighted by atomic mass is 79.9. The van der Waals surface area contributed by atoms with Crippen molar-refractivity contribution in [2.24, 2.45) is 22.2 Å². The summed E-state index contributed by atoms with van der Waals surface area (Å²) >= 11 is 4.30. The van der Waals surface area contributed by atoms with Crippen LogP contribution in [0.4, 0.5) is 0 Å². The third-order valence-corrected chi connectivity index (χ3v) is 0.331. The number of hydrogen-bond donors (Lipinski definition) is 3. The molecule has 0 saturated heterocycles. The van der Waals surface area contributed by atoms with E-state index in [1.165, 1.54) is 0 Å². The molecule has 0 aliphatic rings. The zero-order valence-electron chi connectivity index (χ0n) is 4.00. The summed E-state index contributed by atoms with van der Waals surface area (Å²) in [7, 11) is 0. The summed E-state index contributed by atoms with van der Waals surface area (Å²) in [4.78, 5) is 3.26. The number of aliphatic imine (C=N–C) groups is 1. The number of hydrogen-bond acceptors (Lipinski definition) is 1. The molecule has 48 valence electrons. The standard InChI is InChI=1S/C2H6N4S.BrH/c3-1(4)6-2(5)7;/h(H6,3,4,5,6,7);1H. The molecule has 0 atom stereocenters. The van der Waals surface area contributed by atoms with Crippen LogP contribution in [-0.2, 0) is 0 Å². The molecular formula is C2H7BrN4S. The van der Waals surface area contributed by atoms with Crippen LogP contribution >= 0.6 is 29.2 Å². The van der Waals surface area contributed by atoms with Gasteiger partial charge in [0.25, 0.3) is 0 Å². The molecule has 0 heterocycles. The molecule has 6 N–H and O–H groups in total. The fraction of sp³-hybridized carbons (Fsp3) is 0. The minimum atomic E-state index is -0.104. The van der Waals surface area contributed by atoms with Crippen molar-refractivity contribution in [3.8, 4) is 0 Å². The first kappa shape index (κ1) is 10.6. The Morgan fingerprint density at radius 2 is 1.62 bits per heavy atom. The summed E-state index contributed by atoms with van der Waals surface area (Å²) in [6.07, 6.45) is 0. The van der Waals surface area contributed by atoms with Crippen molar-refractivity contribution in [1.82, 2.24) is 0 Å². The molecule has 0 spiro atoms. The maximum atomic E-state index is 4.88. The second-order valence-electron chi connectivity index (χ2n) is 0.875. The second kappa shape index (κ2) is 4.79. The zero-order chi connectivity index (χ0) is 5.86. The Bertz CT molecular complexity index is 107. The minimum Gasteiger partial charge on any atom is -0.374 e. The zero-order valence-corrected chi connectivity index (χ0v) is 6.53. The molecule has 0 amide bonds. The van der Waals surface area contributed by atoms with Crippen LogP contribution in [0, 0.1) is 0 Å². The second-order valence-corrected chi connectivity index (χ2v) is 1.29. The summed E-state index contributed by atoms with van der Waals surface area (Å²) in [5, 5.41) is -0.0417. The van der Waals surface area contributed by atoms with Gasteiger partial charge in [-0.2, -0.15) is 4.99 Å². The molecule has 0 radical (unpaired) electrons. The largest absolute Gasteiger partial charge is 0.374 e. The first-order valence-corrected chi connectivity index (χ1v) is 1.93. The van der Waals surface area contributed by atoms with Crippen molar-refractivity contribution in [1.29, 1.82) is 0 Å². The van der Waals surface area contributed by atoms with Gasteiger partial charge in [-0.15, -0.1) is 17.0 Å². The lowest BCUT2D eigenvalue weighted by atomic mass is 11.0. The van der Waals surface area contributed by atoms with Crippen LogP contribution in [0.1, 0.15) is 0 Å². The smallest absolute Gasteiger partial charge is 0.193 e. The predicted octanol–water partition coefficient (Wildman–Crippen LogP) is -0.919. The van der Waals surface area contributed by atoms with Crippen LogP contribution in [-0.4, -0.2) is 11.1 Å². The topological polar surface area (TPSA) is 90.4 Å². The van der Waals surface area contributed by atoms with Crippen molar-refractivity contribution in [3.05, 3.63) is 0 Å². The van der Waals surface area contributed by atoms with E-state index in [-0.39, 0.29) is 28.1 Å². The van der Waals surface area contributed by atoms with Crippen molar-refractivity contribution in [3.63, 3.8) is 0 Å². The maximum Gasteiger partial charge on any atom is 0.193 e. The lowest BCUT2D eigenvalue weighted by Gasteiger charge is -1.84. The molecule has 8 heavy (non-hydrogen) atoms. The highest BCUT2D eigenvalue weighted by Gasteiger charge is 1.78. The predicted molar refractivity (Wildman–Crippen MR) is 42.9 cm³/mol. The van der Waals surface area contributed by atoms with E-state index in [9.17, 15) is 0 Å². The van der Waals surface area contributed by atoms with Gasteiger partial charge in [-0.1, -0.05) is 0 Å². The molecule has 0 bridgehead atoms. The van der Waals surface area contributed by atoms with Crippen LogP contribution in [0.25, 0.3) is 0 Å². The highest BCUT2D eigenvalue weighted by molar-refractivity contribution is 8.93. The van der Waals surface area contributed by atoms with Crippen molar-refractivity contribution in [2.75, 3.05) is 0 Å². The fourth-order valence-electron chi connectivity index (χ4n) is 0.127. The van der Waals surface area contributed by atoms with Gasteiger partial charge >= 0.3 is 0 Å². The average Bonchev–Trinajstić information content (AvgIpc) is 1.27. The van der Waals surface area contributed by atoms with E-state index in [2.05, 4.69) is 17.2 Å². The SMILES string of the molecule is Br.NC(=S)N=C(N)N. The molecular weight excluding hydrogens is 192 g/mol. The molecule has 0 rings (SSSR count). The maximum absolute atomic E-state index is 4.88. The lowest BCUT2D eigenvalue weighted by Crippen LogP contribution is -2.25. The number of halogens is 1. The van der Waals surface area contributed by atoms with E-state index >= 15 is 0 Å². The van der Waals surface area contributed by atoms with E-state index < -0.39 is 0 Å². The van der Waals surface area contributed by atoms with E-state index in [0.717, 1.165) is 0 Å². The Labute approximate surface area is 62.9 Å². The summed E-state index contributed by atoms with van der Waals surface area (Å²) < 4.78 is 0. The third-order valence-electron chi connectivity index (χ3n) is 0.239. The quantitative estimate of drug-likeness (QED) is 0.267. The number of rotatable bonds is 0. The summed E-state index contributed by atoms with van der Waals surface area (Å²) in [5.74, 6) is -0.104. The van der Waals surface area contributed by atoms with Crippen LogP contribution in [0.5, 0.6) is 0 Å². The summed E-state index contributed by atoms with van der Waals surface area (Å²) in [6.45, 7) is 0. The van der Waals surface area contributed by atoms with Gasteiger partial charge in [0.2, 0.25) is 0 Å². The van der Waals surface area contributed by atoms with E-state index in [0.29, 0.717) is 0 Å². The Kier molecular flexibility index (Phi) is 6.34. The molecule has 0 aliphatic heterocycles. The first-order chi connectivity index (χ1) is 3.13. The van der Waals surface area contributed by atoms with Crippen molar-refractivity contribution in [2.45, 2.75) is 0 Å². The number of guanidine groups is 1. The summed E-state index contributed by atoms with van der Waals surface area (Å²) in [5.41, 5.74) is 14.6. The monoisotopic (exact) mass is 198 g/mol. The molecule has 0 aliphatic carbocycles. The Morgan fingerprint density at radius 3 is 1.62 bits per heavy atom. The van der Waals surface area contributed by atoms with Crippen molar-refractivity contribution >= 4 is 40.3 Å². The molecule has 0 aromatic heterocycles. The van der Waals surface area contributed by atoms with Crippen LogP contribution in [0.15, 0.2) is 4.99 Å². The Morgan fingerprint density at radius 1 is 1.25 bits per heavy atom. The number of thiocarbonyl (C=S) groups is 1. The molecule has 0 saturated carbocycles. The van der Waals surface area contributed by atoms with Crippen LogP contribution in [0.2, 0.25) is 0 Å². The van der Waals surface area contributed by atoms with Crippen molar-refractivity contribution < 1.29 is 0 Å². The van der Waals surface area contributed by atoms with E-state index in [4.69, 9.17) is 17.2 Å². The summed E-state index contributed by atoms with van der Waals surface area (Å²) in [6, 6.07) is 0. The average molecular weight is 199 g/mol. The van der Waals surface area contributed by atoms with Crippen LogP contribution in [0.3, 0.4) is 0 Å². The van der Waals surface area contributed by atoms with E-state index in [1.807, 2.05) is 0 Å². The normalized spacial score (nSPS) is 6.50. The van der Waals surface area contributed by atoms with Gasteiger partial charge in [0.05, 0.1) is 0 Å². The van der Waals surface area contributed by atoms with Gasteiger partial charge < -0.3 is 17.2 Å². The van der Waals surface area contributed by atoms with Gasteiger partial charge in [-0.25, -0.2) is 0 Å². The van der Waals surface area contributed by atoms with Gasteiger partial charge in [0.15, 0.2) is 11.1 Å². The Balaban J connectivity index is 0. The molecule has 0 fully saturated rings. The van der Waals surface area contributed by atoms with Gasteiger partial charge in [0, 0.05) is 0 Å². The van der Waals surface area contributed by atoms with Gasteiger partial charge in [-0.3, -0.25) is 0 Å². The number of nitrogens with zero attached hydrogens (tertiary/aromatic N) is 1. The Hall–Kier alpha value is -0.360. The third kappa shape index (κ3) is 9.16. The van der Waals surface area contributed by atoms with E-state index in [1.54, 1.807) is 0 Å². The lowest BCUT2D eigenvalue weighted by molar-refractivity contribution is 1.47. The van der Waals surface area contributed by atoms with Crippen LogP contribution < -0.4 is 17.2 Å². The fourth-order valence-corrected chi connectivity index (χ4v) is 0.233. The van der Waals surface area contributed by atoms with Gasteiger partial charge in [0.1, 0.15) is 0 Å². The molecule has 6 heteroatoms. The molecule has 0 aromatic rings. The minimum absolute atomic E-state index is 0. The van der Waals surface area contributed by atoms with Gasteiger partial charge in [-0.05, 0) is 12.2 Å². The highest BCUT2D eigenvalue weighted by Crippen LogP contribution is 1.62. The number of nitrogens with two attached hydrogens (primary N) is 3.